The summed E-state index contributed by atoms with van der Waals surface area (Å²) < 4.78 is 0.799. The summed E-state index contributed by atoms with van der Waals surface area (Å²) in [6, 6.07) is 3.13. The minimum atomic E-state index is -0.386. The Hall–Kier alpha value is -1.23. The van der Waals surface area contributed by atoms with Gasteiger partial charge in [0.05, 0.1) is 11.5 Å². The normalized spacial score (nSPS) is 13.8. The number of nitro benzene ring substituents is 1. The van der Waals surface area contributed by atoms with E-state index < -0.39 is 0 Å². The molecule has 0 radical (unpaired) electrons. The maximum absolute atomic E-state index is 10.6. The summed E-state index contributed by atoms with van der Waals surface area (Å²) in [6.07, 6.45) is 2.58. The summed E-state index contributed by atoms with van der Waals surface area (Å²) in [5, 5.41) is 10.6. The molecule has 5 heteroatoms. The van der Waals surface area contributed by atoms with Crippen molar-refractivity contribution in [2.24, 2.45) is 4.99 Å². The van der Waals surface area contributed by atoms with Crippen LogP contribution >= 0.6 is 15.9 Å². The smallest absolute Gasteiger partial charge is 0.270 e. The van der Waals surface area contributed by atoms with Gasteiger partial charge in [0.15, 0.2) is 0 Å². The van der Waals surface area contributed by atoms with E-state index in [1.807, 2.05) is 6.21 Å². The molecule has 72 valence electrons. The van der Waals surface area contributed by atoms with Crippen LogP contribution in [-0.2, 0) is 13.0 Å². The number of rotatable bonds is 1. The fourth-order valence-corrected chi connectivity index (χ4v) is 2.12. The van der Waals surface area contributed by atoms with E-state index in [1.165, 1.54) is 6.07 Å². The second kappa shape index (κ2) is 3.49. The number of nitrogens with zero attached hydrogens (tertiary/aromatic N) is 2. The van der Waals surface area contributed by atoms with E-state index in [0.717, 1.165) is 22.0 Å². The van der Waals surface area contributed by atoms with E-state index in [9.17, 15) is 10.1 Å². The number of nitro groups is 1. The van der Waals surface area contributed by atoms with Crippen LogP contribution in [0, 0.1) is 10.1 Å². The van der Waals surface area contributed by atoms with Gasteiger partial charge in [-0.25, -0.2) is 0 Å². The fourth-order valence-electron chi connectivity index (χ4n) is 1.47. The first kappa shape index (κ1) is 9.33. The Kier molecular flexibility index (Phi) is 2.33. The highest BCUT2D eigenvalue weighted by atomic mass is 79.9. The lowest BCUT2D eigenvalue weighted by Crippen LogP contribution is -2.03. The van der Waals surface area contributed by atoms with Crippen LogP contribution in [0.4, 0.5) is 5.69 Å². The lowest BCUT2D eigenvalue weighted by molar-refractivity contribution is -0.385. The fraction of sp³-hybridized carbons (Fsp3) is 0.222. The van der Waals surface area contributed by atoms with Gasteiger partial charge in [0.25, 0.3) is 5.69 Å². The van der Waals surface area contributed by atoms with Gasteiger partial charge in [-0.05, 0) is 11.1 Å². The molecule has 0 aliphatic carbocycles. The van der Waals surface area contributed by atoms with Crippen molar-refractivity contribution >= 4 is 27.8 Å². The third kappa shape index (κ3) is 1.55. The van der Waals surface area contributed by atoms with Crippen LogP contribution in [-0.4, -0.2) is 11.1 Å². The Balaban J connectivity index is 2.54. The van der Waals surface area contributed by atoms with Crippen molar-refractivity contribution in [2.45, 2.75) is 13.0 Å². The summed E-state index contributed by atoms with van der Waals surface area (Å²) in [5.74, 6) is 0. The topological polar surface area (TPSA) is 55.5 Å². The maximum Gasteiger partial charge on any atom is 0.270 e. The molecular formula is C9H7BrN2O2. The molecule has 1 aliphatic rings. The molecule has 1 aliphatic heterocycles. The van der Waals surface area contributed by atoms with Crippen molar-refractivity contribution in [3.63, 3.8) is 0 Å². The highest BCUT2D eigenvalue weighted by Gasteiger charge is 2.15. The van der Waals surface area contributed by atoms with Crippen LogP contribution in [0.3, 0.4) is 0 Å². The van der Waals surface area contributed by atoms with Crippen LogP contribution < -0.4 is 0 Å². The highest BCUT2D eigenvalue weighted by Crippen LogP contribution is 2.29. The van der Waals surface area contributed by atoms with Crippen LogP contribution in [0.1, 0.15) is 11.1 Å². The molecule has 4 nitrogen and oxygen atoms in total. The van der Waals surface area contributed by atoms with E-state index in [2.05, 4.69) is 20.9 Å². The van der Waals surface area contributed by atoms with Crippen molar-refractivity contribution in [3.05, 3.63) is 37.8 Å². The number of fused-ring (bicyclic) bond motifs is 1. The molecule has 0 spiro atoms. The molecule has 2 rings (SSSR count). The Labute approximate surface area is 88.9 Å². The predicted molar refractivity (Wildman–Crippen MR) is 56.7 cm³/mol. The van der Waals surface area contributed by atoms with Crippen molar-refractivity contribution in [1.29, 1.82) is 0 Å². The molecule has 0 fully saturated rings. The van der Waals surface area contributed by atoms with Crippen molar-refractivity contribution in [3.8, 4) is 0 Å². The first-order valence-electron chi connectivity index (χ1n) is 4.12. The van der Waals surface area contributed by atoms with Gasteiger partial charge >= 0.3 is 0 Å². The number of hydrogen-bond acceptors (Lipinski definition) is 3. The Morgan fingerprint density at radius 3 is 3.00 bits per heavy atom. The minimum absolute atomic E-state index is 0.118. The second-order valence-electron chi connectivity index (χ2n) is 3.05. The molecular weight excluding hydrogens is 248 g/mol. The van der Waals surface area contributed by atoms with E-state index in [0.29, 0.717) is 6.54 Å². The van der Waals surface area contributed by atoms with Gasteiger partial charge in [-0.3, -0.25) is 15.1 Å². The van der Waals surface area contributed by atoms with Crippen LogP contribution in [0.25, 0.3) is 0 Å². The zero-order valence-electron chi connectivity index (χ0n) is 7.24. The predicted octanol–water partition coefficient (Wildman–Crippen LogP) is 2.48. The highest BCUT2D eigenvalue weighted by molar-refractivity contribution is 9.10. The average Bonchev–Trinajstić information content (AvgIpc) is 2.17. The molecule has 1 aromatic carbocycles. The Bertz CT molecular complexity index is 429. The van der Waals surface area contributed by atoms with E-state index in [-0.39, 0.29) is 10.6 Å². The van der Waals surface area contributed by atoms with E-state index in [4.69, 9.17) is 0 Å². The zero-order valence-corrected chi connectivity index (χ0v) is 8.82. The molecule has 0 unspecified atom stereocenters. The van der Waals surface area contributed by atoms with Crippen LogP contribution in [0.5, 0.6) is 0 Å². The summed E-state index contributed by atoms with van der Waals surface area (Å²) in [6.45, 7) is 0.537. The maximum atomic E-state index is 10.6. The number of aliphatic imine (C=N–C) groups is 1. The molecule has 0 atom stereocenters. The molecule has 0 saturated carbocycles. The van der Waals surface area contributed by atoms with Crippen molar-refractivity contribution in [2.75, 3.05) is 0 Å². The number of halogens is 1. The van der Waals surface area contributed by atoms with Crippen LogP contribution in [0.15, 0.2) is 21.6 Å². The Morgan fingerprint density at radius 1 is 1.50 bits per heavy atom. The Morgan fingerprint density at radius 2 is 2.29 bits per heavy atom. The van der Waals surface area contributed by atoms with Gasteiger partial charge in [0.1, 0.15) is 0 Å². The molecule has 1 aromatic rings. The molecule has 0 saturated heterocycles. The van der Waals surface area contributed by atoms with E-state index >= 15 is 0 Å². The average molecular weight is 255 g/mol. The number of benzene rings is 1. The lowest BCUT2D eigenvalue weighted by Gasteiger charge is -2.11. The lowest BCUT2D eigenvalue weighted by atomic mass is 10.0. The summed E-state index contributed by atoms with van der Waals surface area (Å²) in [4.78, 5) is 14.3. The molecule has 0 aromatic heterocycles. The quantitative estimate of drug-likeness (QED) is 0.571. The number of non-ortho nitro benzene ring substituents is 1. The van der Waals surface area contributed by atoms with Gasteiger partial charge < -0.3 is 0 Å². The van der Waals surface area contributed by atoms with Gasteiger partial charge in [-0.15, -0.1) is 0 Å². The van der Waals surface area contributed by atoms with Gasteiger partial charge in [-0.1, -0.05) is 15.9 Å². The SMILES string of the molecule is O=[N+]([O-])c1cc(Br)c2c(c1)CN=CC2. The van der Waals surface area contributed by atoms with Gasteiger partial charge in [-0.2, -0.15) is 0 Å². The minimum Gasteiger partial charge on any atom is -0.292 e. The monoisotopic (exact) mass is 254 g/mol. The summed E-state index contributed by atoms with van der Waals surface area (Å²) >= 11 is 3.34. The largest absolute Gasteiger partial charge is 0.292 e. The van der Waals surface area contributed by atoms with E-state index in [1.54, 1.807) is 6.07 Å². The number of hydrogen-bond donors (Lipinski definition) is 0. The molecule has 14 heavy (non-hydrogen) atoms. The summed E-state index contributed by atoms with van der Waals surface area (Å²) in [5.41, 5.74) is 2.16. The third-order valence-corrected chi connectivity index (χ3v) is 2.88. The third-order valence-electron chi connectivity index (χ3n) is 2.17. The molecule has 0 bridgehead atoms. The first-order valence-corrected chi connectivity index (χ1v) is 4.92. The van der Waals surface area contributed by atoms with Gasteiger partial charge in [0.2, 0.25) is 0 Å². The zero-order chi connectivity index (χ0) is 10.1. The summed E-state index contributed by atoms with van der Waals surface area (Å²) in [7, 11) is 0. The molecule has 1 heterocycles. The van der Waals surface area contributed by atoms with Gasteiger partial charge in [0, 0.05) is 29.2 Å². The van der Waals surface area contributed by atoms with Crippen molar-refractivity contribution < 1.29 is 4.92 Å². The first-order chi connectivity index (χ1) is 6.68. The molecule has 0 amide bonds. The second-order valence-corrected chi connectivity index (χ2v) is 3.90. The van der Waals surface area contributed by atoms with Crippen molar-refractivity contribution in [1.82, 2.24) is 0 Å². The standard InChI is InChI=1S/C9H7BrN2O2/c10-9-4-7(12(13)14)3-6-5-11-2-1-8(6)9/h2-4H,1,5H2. The van der Waals surface area contributed by atoms with Crippen LogP contribution in [0.2, 0.25) is 0 Å². The molecule has 0 N–H and O–H groups in total.